The molecule has 0 amide bonds. The number of ether oxygens (including phenoxy) is 3. The van der Waals surface area contributed by atoms with Gasteiger partial charge in [0.15, 0.2) is 5.75 Å². The van der Waals surface area contributed by atoms with Crippen molar-refractivity contribution in [2.45, 2.75) is 6.92 Å². The van der Waals surface area contributed by atoms with Crippen molar-refractivity contribution in [1.82, 2.24) is 0 Å². The number of hydrogen-bond acceptors (Lipinski definition) is 5. The van der Waals surface area contributed by atoms with Crippen molar-refractivity contribution in [3.05, 3.63) is 67.2 Å². The highest BCUT2D eigenvalue weighted by Gasteiger charge is 2.22. The molecule has 0 spiro atoms. The molecule has 0 bridgehead atoms. The van der Waals surface area contributed by atoms with Crippen LogP contribution in [0.4, 0.5) is 0 Å². The van der Waals surface area contributed by atoms with Crippen molar-refractivity contribution in [2.75, 3.05) is 7.11 Å². The van der Waals surface area contributed by atoms with Gasteiger partial charge in [-0.15, -0.1) is 0 Å². The molecule has 2 aromatic carbocycles. The van der Waals surface area contributed by atoms with Gasteiger partial charge in [0.2, 0.25) is 0 Å². The van der Waals surface area contributed by atoms with Crippen LogP contribution in [0, 0.1) is 3.57 Å². The molecule has 1 aliphatic heterocycles. The minimum absolute atomic E-state index is 0.397. The lowest BCUT2D eigenvalue weighted by Gasteiger charge is -2.08. The summed E-state index contributed by atoms with van der Waals surface area (Å²) in [5.41, 5.74) is 2.00. The molecule has 0 saturated heterocycles. The van der Waals surface area contributed by atoms with Gasteiger partial charge in [0, 0.05) is 12.5 Å². The van der Waals surface area contributed by atoms with Crippen LogP contribution in [0.1, 0.15) is 18.1 Å². The van der Waals surface area contributed by atoms with E-state index < -0.39 is 11.9 Å². The number of esters is 2. The molecular formula is C20H14BrIO5. The zero-order chi connectivity index (χ0) is 19.6. The van der Waals surface area contributed by atoms with Gasteiger partial charge in [-0.1, -0.05) is 0 Å². The monoisotopic (exact) mass is 540 g/mol. The molecule has 0 aliphatic carbocycles. The normalized spacial score (nSPS) is 14.7. The maximum atomic E-state index is 12.2. The predicted octanol–water partition coefficient (Wildman–Crippen LogP) is 4.97. The molecule has 138 valence electrons. The molecule has 2 aromatic rings. The van der Waals surface area contributed by atoms with Gasteiger partial charge in [0.25, 0.3) is 0 Å². The van der Waals surface area contributed by atoms with Crippen molar-refractivity contribution in [1.29, 1.82) is 0 Å². The summed E-state index contributed by atoms with van der Waals surface area (Å²) in [5.74, 6) is 0.849. The Morgan fingerprint density at radius 2 is 1.93 bits per heavy atom. The molecule has 7 heteroatoms. The first-order valence-electron chi connectivity index (χ1n) is 7.85. The Labute approximate surface area is 178 Å². The molecule has 27 heavy (non-hydrogen) atoms. The molecule has 0 atom stereocenters. The van der Waals surface area contributed by atoms with Gasteiger partial charge in [0.05, 0.1) is 20.7 Å². The quantitative estimate of drug-likeness (QED) is 0.237. The van der Waals surface area contributed by atoms with Gasteiger partial charge < -0.3 is 14.2 Å². The summed E-state index contributed by atoms with van der Waals surface area (Å²) < 4.78 is 17.1. The number of carbonyl (C=O) groups is 2. The average molecular weight is 541 g/mol. The topological polar surface area (TPSA) is 61.8 Å². The second-order valence-corrected chi connectivity index (χ2v) is 7.65. The van der Waals surface area contributed by atoms with E-state index in [-0.39, 0.29) is 0 Å². The number of rotatable bonds is 4. The third-order valence-corrected chi connectivity index (χ3v) is 5.08. The third kappa shape index (κ3) is 4.59. The van der Waals surface area contributed by atoms with Crippen molar-refractivity contribution >= 4 is 62.3 Å². The second kappa shape index (κ2) is 8.26. The molecular weight excluding hydrogens is 527 g/mol. The van der Waals surface area contributed by atoms with Crippen LogP contribution in [0.25, 0.3) is 11.8 Å². The van der Waals surface area contributed by atoms with E-state index in [4.69, 9.17) is 14.2 Å². The third-order valence-electron chi connectivity index (χ3n) is 3.69. The average Bonchev–Trinajstić information content (AvgIpc) is 2.99. The Morgan fingerprint density at radius 1 is 1.22 bits per heavy atom. The fraction of sp³-hybridized carbons (Fsp3) is 0.100. The van der Waals surface area contributed by atoms with Gasteiger partial charge >= 0.3 is 11.9 Å². The minimum Gasteiger partial charge on any atom is -0.497 e. The number of hydrogen-bond donors (Lipinski definition) is 0. The maximum Gasteiger partial charge on any atom is 0.343 e. The van der Waals surface area contributed by atoms with Crippen LogP contribution in [-0.4, -0.2) is 19.0 Å². The van der Waals surface area contributed by atoms with Crippen LogP contribution >= 0.6 is 38.5 Å². The Bertz CT molecular complexity index is 953. The van der Waals surface area contributed by atoms with Crippen LogP contribution in [0.3, 0.4) is 0 Å². The largest absolute Gasteiger partial charge is 0.497 e. The lowest BCUT2D eigenvalue weighted by Crippen LogP contribution is -2.04. The summed E-state index contributed by atoms with van der Waals surface area (Å²) in [6, 6.07) is 10.9. The summed E-state index contributed by atoms with van der Waals surface area (Å²) in [4.78, 5) is 23.4. The molecule has 0 saturated carbocycles. The number of carbonyl (C=O) groups excluding carboxylic acids is 2. The highest BCUT2D eigenvalue weighted by molar-refractivity contribution is 14.1. The smallest absolute Gasteiger partial charge is 0.343 e. The molecule has 0 N–H and O–H groups in total. The molecule has 0 aromatic heterocycles. The summed E-state index contributed by atoms with van der Waals surface area (Å²) in [5, 5.41) is 0. The lowest BCUT2D eigenvalue weighted by molar-refractivity contribution is -0.132. The zero-order valence-electron chi connectivity index (χ0n) is 14.4. The van der Waals surface area contributed by atoms with Crippen LogP contribution < -0.4 is 9.47 Å². The SMILES string of the molecule is COc1ccc(C2=C/C(=C\c3cc(Br)c(OC(C)=O)c(I)c3)C(=O)O2)cc1. The van der Waals surface area contributed by atoms with Crippen LogP contribution in [-0.2, 0) is 14.3 Å². The lowest BCUT2D eigenvalue weighted by atomic mass is 10.1. The Morgan fingerprint density at radius 3 is 2.52 bits per heavy atom. The number of cyclic esters (lactones) is 1. The fourth-order valence-electron chi connectivity index (χ4n) is 2.47. The van der Waals surface area contributed by atoms with E-state index in [1.807, 2.05) is 18.2 Å². The molecule has 1 aliphatic rings. The van der Waals surface area contributed by atoms with Gasteiger partial charge in [-0.05, 0) is 92.6 Å². The molecule has 0 unspecified atom stereocenters. The Balaban J connectivity index is 1.91. The summed E-state index contributed by atoms with van der Waals surface area (Å²) >= 11 is 5.48. The van der Waals surface area contributed by atoms with Crippen LogP contribution in [0.5, 0.6) is 11.5 Å². The maximum absolute atomic E-state index is 12.2. The van der Waals surface area contributed by atoms with Crippen molar-refractivity contribution < 1.29 is 23.8 Å². The molecule has 0 radical (unpaired) electrons. The highest BCUT2D eigenvalue weighted by atomic mass is 127. The van der Waals surface area contributed by atoms with Crippen molar-refractivity contribution in [3.8, 4) is 11.5 Å². The van der Waals surface area contributed by atoms with E-state index in [0.29, 0.717) is 21.6 Å². The predicted molar refractivity (Wildman–Crippen MR) is 113 cm³/mol. The first-order chi connectivity index (χ1) is 12.9. The molecule has 0 fully saturated rings. The number of methoxy groups -OCH3 is 1. The molecule has 1 heterocycles. The van der Waals surface area contributed by atoms with E-state index in [0.717, 1.165) is 20.4 Å². The van der Waals surface area contributed by atoms with Gasteiger partial charge in [-0.3, -0.25) is 4.79 Å². The van der Waals surface area contributed by atoms with Gasteiger partial charge in [-0.25, -0.2) is 4.79 Å². The number of halogens is 2. The Kier molecular flexibility index (Phi) is 6.01. The highest BCUT2D eigenvalue weighted by Crippen LogP contribution is 2.34. The van der Waals surface area contributed by atoms with Crippen LogP contribution in [0.2, 0.25) is 0 Å². The van der Waals surface area contributed by atoms with Gasteiger partial charge in [-0.2, -0.15) is 0 Å². The van der Waals surface area contributed by atoms with Crippen LogP contribution in [0.15, 0.2) is 52.5 Å². The van der Waals surface area contributed by atoms with E-state index >= 15 is 0 Å². The second-order valence-electron chi connectivity index (χ2n) is 5.63. The fourth-order valence-corrected chi connectivity index (χ4v) is 4.16. The number of benzene rings is 2. The summed E-state index contributed by atoms with van der Waals surface area (Å²) in [6.45, 7) is 1.35. The van der Waals surface area contributed by atoms with E-state index in [1.165, 1.54) is 6.92 Å². The van der Waals surface area contributed by atoms with Crippen molar-refractivity contribution in [2.24, 2.45) is 0 Å². The summed E-state index contributed by atoms with van der Waals surface area (Å²) in [7, 11) is 1.59. The minimum atomic E-state index is -0.420. The van der Waals surface area contributed by atoms with E-state index in [2.05, 4.69) is 38.5 Å². The van der Waals surface area contributed by atoms with E-state index in [1.54, 1.807) is 37.5 Å². The van der Waals surface area contributed by atoms with E-state index in [9.17, 15) is 9.59 Å². The van der Waals surface area contributed by atoms with Crippen molar-refractivity contribution in [3.63, 3.8) is 0 Å². The zero-order valence-corrected chi connectivity index (χ0v) is 18.2. The first kappa shape index (κ1) is 19.6. The standard InChI is InChI=1S/C20H14BrIO5/c1-11(23)26-19-16(21)8-12(9-17(19)22)7-14-10-18(27-20(14)24)13-3-5-15(25-2)6-4-13/h3-10H,1-2H3/b14-7+. The molecule has 5 nitrogen and oxygen atoms in total. The first-order valence-corrected chi connectivity index (χ1v) is 9.72. The molecule has 3 rings (SSSR count). The summed E-state index contributed by atoms with van der Waals surface area (Å²) in [6.07, 6.45) is 3.42. The van der Waals surface area contributed by atoms with Gasteiger partial charge in [0.1, 0.15) is 11.5 Å². The Hall–Kier alpha value is -2.13.